The highest BCUT2D eigenvalue weighted by Gasteiger charge is 2.40. The van der Waals surface area contributed by atoms with Crippen LogP contribution < -0.4 is 0 Å². The predicted octanol–water partition coefficient (Wildman–Crippen LogP) is 2.22. The van der Waals surface area contributed by atoms with Crippen LogP contribution in [0.2, 0.25) is 0 Å². The number of benzene rings is 1. The number of nitrogens with zero attached hydrogens (tertiary/aromatic N) is 2. The van der Waals surface area contributed by atoms with Gasteiger partial charge in [0.2, 0.25) is 5.91 Å². The highest BCUT2D eigenvalue weighted by atomic mass is 32.2. The van der Waals surface area contributed by atoms with Crippen molar-refractivity contribution in [3.05, 3.63) is 39.9 Å². The van der Waals surface area contributed by atoms with Gasteiger partial charge in [-0.05, 0) is 5.56 Å². The van der Waals surface area contributed by atoms with Crippen LogP contribution in [0.4, 0.5) is 5.69 Å². The van der Waals surface area contributed by atoms with Crippen LogP contribution in [0.5, 0.6) is 0 Å². The van der Waals surface area contributed by atoms with E-state index >= 15 is 0 Å². The Kier molecular flexibility index (Phi) is 4.35. The van der Waals surface area contributed by atoms with Crippen molar-refractivity contribution in [2.45, 2.75) is 24.2 Å². The van der Waals surface area contributed by atoms with Crippen molar-refractivity contribution in [1.82, 2.24) is 4.90 Å². The maximum atomic E-state index is 12.3. The minimum atomic E-state index is -0.436. The Hall–Kier alpha value is -1.60. The van der Waals surface area contributed by atoms with Crippen LogP contribution in [0.25, 0.3) is 0 Å². The lowest BCUT2D eigenvalue weighted by Gasteiger charge is -2.37. The first-order chi connectivity index (χ1) is 10.6. The normalized spacial score (nSPS) is 20.3. The van der Waals surface area contributed by atoms with Gasteiger partial charge < -0.3 is 9.64 Å². The van der Waals surface area contributed by atoms with Gasteiger partial charge in [0.05, 0.1) is 18.0 Å². The zero-order valence-corrected chi connectivity index (χ0v) is 13.0. The number of carbonyl (C=O) groups is 1. The van der Waals surface area contributed by atoms with Gasteiger partial charge in [-0.2, -0.15) is 0 Å². The molecule has 22 heavy (non-hydrogen) atoms. The second kappa shape index (κ2) is 6.26. The summed E-state index contributed by atoms with van der Waals surface area (Å²) in [5.41, 5.74) is 0.855. The number of carbonyl (C=O) groups excluding carboxylic acids is 1. The summed E-state index contributed by atoms with van der Waals surface area (Å²) in [6.45, 7) is 2.25. The second-order valence-corrected chi connectivity index (χ2v) is 7.03. The molecule has 1 amide bonds. The molecule has 0 aromatic heterocycles. The minimum absolute atomic E-state index is 0.0477. The Morgan fingerprint density at radius 2 is 2.00 bits per heavy atom. The molecule has 1 aromatic carbocycles. The van der Waals surface area contributed by atoms with Crippen molar-refractivity contribution in [1.29, 1.82) is 0 Å². The lowest BCUT2D eigenvalue weighted by molar-refractivity contribution is -0.384. The van der Waals surface area contributed by atoms with Gasteiger partial charge in [-0.1, -0.05) is 12.1 Å². The third-order valence-corrected chi connectivity index (χ3v) is 5.62. The summed E-state index contributed by atoms with van der Waals surface area (Å²) in [5, 5.41) is 10.6. The van der Waals surface area contributed by atoms with E-state index in [2.05, 4.69) is 0 Å². The zero-order valence-electron chi connectivity index (χ0n) is 12.2. The van der Waals surface area contributed by atoms with Gasteiger partial charge in [-0.15, -0.1) is 11.8 Å². The predicted molar refractivity (Wildman–Crippen MR) is 83.8 cm³/mol. The smallest absolute Gasteiger partial charge is 0.269 e. The van der Waals surface area contributed by atoms with Crippen LogP contribution in [0.15, 0.2) is 24.3 Å². The zero-order chi connectivity index (χ0) is 15.6. The molecule has 0 unspecified atom stereocenters. The maximum Gasteiger partial charge on any atom is 0.269 e. The molecular weight excluding hydrogens is 304 g/mol. The van der Waals surface area contributed by atoms with Crippen molar-refractivity contribution >= 4 is 23.4 Å². The molecule has 0 radical (unpaired) electrons. The number of piperidine rings is 1. The number of likely N-dealkylation sites (tertiary alicyclic amines) is 1. The van der Waals surface area contributed by atoms with E-state index in [1.807, 2.05) is 16.7 Å². The highest BCUT2D eigenvalue weighted by molar-refractivity contribution is 8.00. The van der Waals surface area contributed by atoms with E-state index in [0.717, 1.165) is 43.9 Å². The number of ether oxygens (including phenoxy) is 1. The summed E-state index contributed by atoms with van der Waals surface area (Å²) in [7, 11) is 0. The van der Waals surface area contributed by atoms with Crippen LogP contribution >= 0.6 is 11.8 Å². The summed E-state index contributed by atoms with van der Waals surface area (Å²) in [6.07, 6.45) is 2.05. The monoisotopic (exact) mass is 322 g/mol. The van der Waals surface area contributed by atoms with E-state index in [0.29, 0.717) is 6.42 Å². The first-order valence-corrected chi connectivity index (χ1v) is 8.36. The third-order valence-electron chi connectivity index (χ3n) is 4.19. The molecule has 2 aliphatic heterocycles. The van der Waals surface area contributed by atoms with Gasteiger partial charge in [0.15, 0.2) is 0 Å². The fourth-order valence-electron chi connectivity index (χ4n) is 2.90. The second-order valence-electron chi connectivity index (χ2n) is 5.59. The number of amides is 1. The van der Waals surface area contributed by atoms with Crippen molar-refractivity contribution in [3.8, 4) is 0 Å². The van der Waals surface area contributed by atoms with Crippen molar-refractivity contribution < 1.29 is 14.5 Å². The third kappa shape index (κ3) is 3.25. The van der Waals surface area contributed by atoms with Crippen LogP contribution in [0, 0.1) is 10.1 Å². The van der Waals surface area contributed by atoms with Crippen molar-refractivity contribution in [3.63, 3.8) is 0 Å². The number of hydrogen-bond donors (Lipinski definition) is 0. The van der Waals surface area contributed by atoms with Gasteiger partial charge in [0, 0.05) is 43.8 Å². The molecule has 0 saturated carbocycles. The average molecular weight is 322 g/mol. The Balaban J connectivity index is 1.55. The SMILES string of the molecule is O=C(Cc1ccc([N+](=O)[O-])cc1)N1CCC2(CC1)OCCS2. The standard InChI is InChI=1S/C15H18N2O4S/c18-14(11-12-1-3-13(4-2-12)17(19)20)16-7-5-15(6-8-16)21-9-10-22-15/h1-4H,5-11H2. The van der Waals surface area contributed by atoms with E-state index in [1.165, 1.54) is 12.1 Å². The molecule has 0 bridgehead atoms. The van der Waals surface area contributed by atoms with Crippen molar-refractivity contribution in [2.75, 3.05) is 25.4 Å². The summed E-state index contributed by atoms with van der Waals surface area (Å²) in [6, 6.07) is 6.18. The number of rotatable bonds is 3. The Morgan fingerprint density at radius 1 is 1.32 bits per heavy atom. The lowest BCUT2D eigenvalue weighted by atomic mass is 10.1. The number of non-ortho nitro benzene ring substituents is 1. The van der Waals surface area contributed by atoms with Crippen LogP contribution in [0.3, 0.4) is 0 Å². The molecule has 2 heterocycles. The van der Waals surface area contributed by atoms with Gasteiger partial charge in [-0.3, -0.25) is 14.9 Å². The average Bonchev–Trinajstić information content (AvgIpc) is 2.96. The topological polar surface area (TPSA) is 72.7 Å². The van der Waals surface area contributed by atoms with Gasteiger partial charge >= 0.3 is 0 Å². The Labute approximate surface area is 133 Å². The van der Waals surface area contributed by atoms with E-state index in [-0.39, 0.29) is 16.5 Å². The fourth-order valence-corrected chi connectivity index (χ4v) is 4.08. The van der Waals surface area contributed by atoms with Crippen LogP contribution in [-0.4, -0.2) is 46.1 Å². The summed E-state index contributed by atoms with van der Waals surface area (Å²) < 4.78 is 5.82. The molecule has 0 atom stereocenters. The molecule has 7 heteroatoms. The molecule has 1 aromatic rings. The lowest BCUT2D eigenvalue weighted by Crippen LogP contribution is -2.45. The van der Waals surface area contributed by atoms with Gasteiger partial charge in [0.1, 0.15) is 4.93 Å². The highest BCUT2D eigenvalue weighted by Crippen LogP contribution is 2.41. The van der Waals surface area contributed by atoms with Gasteiger partial charge in [0.25, 0.3) is 5.69 Å². The minimum Gasteiger partial charge on any atom is -0.363 e. The summed E-state index contributed by atoms with van der Waals surface area (Å²) in [4.78, 5) is 24.3. The number of nitro groups is 1. The van der Waals surface area contributed by atoms with Gasteiger partial charge in [-0.25, -0.2) is 0 Å². The number of thioether (sulfide) groups is 1. The van der Waals surface area contributed by atoms with E-state index in [9.17, 15) is 14.9 Å². The number of hydrogen-bond acceptors (Lipinski definition) is 5. The first-order valence-electron chi connectivity index (χ1n) is 7.37. The first kappa shape index (κ1) is 15.3. The van der Waals surface area contributed by atoms with Crippen LogP contribution in [-0.2, 0) is 16.0 Å². The van der Waals surface area contributed by atoms with E-state index in [4.69, 9.17) is 4.74 Å². The largest absolute Gasteiger partial charge is 0.363 e. The molecular formula is C15H18N2O4S. The molecule has 6 nitrogen and oxygen atoms in total. The molecule has 0 aliphatic carbocycles. The quantitative estimate of drug-likeness (QED) is 0.630. The molecule has 2 fully saturated rings. The molecule has 3 rings (SSSR count). The fraction of sp³-hybridized carbons (Fsp3) is 0.533. The van der Waals surface area contributed by atoms with Crippen molar-refractivity contribution in [2.24, 2.45) is 0 Å². The summed E-state index contributed by atoms with van der Waals surface area (Å²) >= 11 is 1.86. The maximum absolute atomic E-state index is 12.3. The molecule has 2 saturated heterocycles. The Morgan fingerprint density at radius 3 is 2.55 bits per heavy atom. The van der Waals surface area contributed by atoms with E-state index < -0.39 is 4.92 Å². The van der Waals surface area contributed by atoms with E-state index in [1.54, 1.807) is 12.1 Å². The summed E-state index contributed by atoms with van der Waals surface area (Å²) in [5.74, 6) is 1.11. The molecule has 118 valence electrons. The molecule has 1 spiro atoms. The molecule has 2 aliphatic rings. The number of nitro benzene ring substituents is 1. The molecule has 0 N–H and O–H groups in total. The van der Waals surface area contributed by atoms with Crippen LogP contribution in [0.1, 0.15) is 18.4 Å². The Bertz CT molecular complexity index is 559.